The van der Waals surface area contributed by atoms with E-state index in [2.05, 4.69) is 15.7 Å². The summed E-state index contributed by atoms with van der Waals surface area (Å²) >= 11 is 1.22. The summed E-state index contributed by atoms with van der Waals surface area (Å²) < 4.78 is 8.15. The second kappa shape index (κ2) is 3.77. The van der Waals surface area contributed by atoms with Gasteiger partial charge in [-0.15, -0.1) is 0 Å². The van der Waals surface area contributed by atoms with Crippen LogP contribution in [0.2, 0.25) is 0 Å². The lowest BCUT2D eigenvalue weighted by molar-refractivity contribution is -0.117. The molecule has 0 spiro atoms. The Morgan fingerprint density at radius 1 is 1.79 bits per heavy atom. The molecule has 1 saturated carbocycles. The third-order valence-corrected chi connectivity index (χ3v) is 3.93. The van der Waals surface area contributed by atoms with Crippen LogP contribution in [0.4, 0.5) is 0 Å². The molecular weight excluding hydrogens is 196 g/mol. The molecule has 0 saturated heterocycles. The fourth-order valence-electron chi connectivity index (χ4n) is 2.35. The summed E-state index contributed by atoms with van der Waals surface area (Å²) in [5, 5.41) is 0. The van der Waals surface area contributed by atoms with Gasteiger partial charge in [0.15, 0.2) is 0 Å². The molecule has 0 radical (unpaired) electrons. The van der Waals surface area contributed by atoms with Crippen LogP contribution in [0.1, 0.15) is 31.9 Å². The van der Waals surface area contributed by atoms with Crippen LogP contribution in [0.15, 0.2) is 6.20 Å². The van der Waals surface area contributed by atoms with Crippen molar-refractivity contribution in [3.63, 3.8) is 0 Å². The van der Waals surface area contributed by atoms with Gasteiger partial charge in [0.05, 0.1) is 23.6 Å². The number of carbonyl (C=O) groups excluding carboxylic acids is 1. The third-order valence-electron chi connectivity index (χ3n) is 3.41. The van der Waals surface area contributed by atoms with E-state index in [1.165, 1.54) is 11.7 Å². The molecule has 1 aliphatic carbocycles. The minimum Gasteiger partial charge on any atom is -0.303 e. The first-order chi connectivity index (χ1) is 6.77. The molecule has 3 nitrogen and oxygen atoms in total. The zero-order valence-corrected chi connectivity index (χ0v) is 9.09. The molecule has 14 heavy (non-hydrogen) atoms. The lowest BCUT2D eigenvalue weighted by Gasteiger charge is -2.26. The molecule has 0 aliphatic heterocycles. The van der Waals surface area contributed by atoms with Gasteiger partial charge >= 0.3 is 0 Å². The molecule has 1 heterocycles. The molecule has 0 N–H and O–H groups in total. The zero-order valence-electron chi connectivity index (χ0n) is 8.27. The summed E-state index contributed by atoms with van der Waals surface area (Å²) in [5.74, 6) is 0.488. The van der Waals surface area contributed by atoms with E-state index in [1.54, 1.807) is 6.20 Å². The highest BCUT2D eigenvalue weighted by Gasteiger charge is 2.40. The van der Waals surface area contributed by atoms with Crippen molar-refractivity contribution in [1.29, 1.82) is 0 Å². The zero-order chi connectivity index (χ0) is 10.0. The van der Waals surface area contributed by atoms with Gasteiger partial charge in [-0.25, -0.2) is 0 Å². The second-order valence-electron chi connectivity index (χ2n) is 4.22. The fraction of sp³-hybridized carbons (Fsp3) is 0.700. The molecule has 0 amide bonds. The van der Waals surface area contributed by atoms with Gasteiger partial charge in [-0.05, 0) is 18.8 Å². The van der Waals surface area contributed by atoms with Gasteiger partial charge in [0.25, 0.3) is 0 Å². The van der Waals surface area contributed by atoms with E-state index in [-0.39, 0.29) is 5.41 Å². The second-order valence-corrected chi connectivity index (χ2v) is 4.78. The van der Waals surface area contributed by atoms with Crippen molar-refractivity contribution in [3.8, 4) is 0 Å². The fourth-order valence-corrected chi connectivity index (χ4v) is 2.78. The summed E-state index contributed by atoms with van der Waals surface area (Å²) in [5.41, 5.74) is 0.811. The average molecular weight is 210 g/mol. The van der Waals surface area contributed by atoms with Gasteiger partial charge in [0.2, 0.25) is 0 Å². The molecule has 1 aromatic heterocycles. The predicted molar refractivity (Wildman–Crippen MR) is 55.1 cm³/mol. The Balaban J connectivity index is 2.17. The first kappa shape index (κ1) is 9.77. The molecule has 2 rings (SSSR count). The lowest BCUT2D eigenvalue weighted by Crippen LogP contribution is -2.28. The molecule has 1 aromatic rings. The highest BCUT2D eigenvalue weighted by Crippen LogP contribution is 2.43. The van der Waals surface area contributed by atoms with E-state index in [4.69, 9.17) is 0 Å². The van der Waals surface area contributed by atoms with E-state index in [0.717, 1.165) is 37.7 Å². The minimum atomic E-state index is -0.157. The van der Waals surface area contributed by atoms with Crippen molar-refractivity contribution in [2.24, 2.45) is 11.3 Å². The van der Waals surface area contributed by atoms with Gasteiger partial charge in [-0.1, -0.05) is 13.3 Å². The Morgan fingerprint density at radius 2 is 2.64 bits per heavy atom. The Hall–Kier alpha value is -0.770. The number of aldehydes is 1. The highest BCUT2D eigenvalue weighted by molar-refractivity contribution is 6.99. The topological polar surface area (TPSA) is 42.9 Å². The van der Waals surface area contributed by atoms with E-state index in [9.17, 15) is 4.79 Å². The quantitative estimate of drug-likeness (QED) is 0.717. The smallest absolute Gasteiger partial charge is 0.126 e. The summed E-state index contributed by atoms with van der Waals surface area (Å²) in [6.45, 7) is 2.17. The molecule has 0 bridgehead atoms. The predicted octanol–water partition coefficient (Wildman–Crippen LogP) is 2.09. The summed E-state index contributed by atoms with van der Waals surface area (Å²) in [4.78, 5) is 11.2. The van der Waals surface area contributed by atoms with E-state index >= 15 is 0 Å². The number of carbonyl (C=O) groups is 1. The normalized spacial score (nSPS) is 31.9. The van der Waals surface area contributed by atoms with Crippen LogP contribution in [0, 0.1) is 11.3 Å². The van der Waals surface area contributed by atoms with Crippen LogP contribution in [-0.2, 0) is 11.2 Å². The molecular formula is C10H14N2OS. The summed E-state index contributed by atoms with van der Waals surface area (Å²) in [6.07, 6.45) is 7.03. The first-order valence-corrected chi connectivity index (χ1v) is 5.73. The monoisotopic (exact) mass is 210 g/mol. The van der Waals surface area contributed by atoms with Crippen LogP contribution in [0.3, 0.4) is 0 Å². The summed E-state index contributed by atoms with van der Waals surface area (Å²) in [7, 11) is 0. The number of hydrogen-bond acceptors (Lipinski definition) is 4. The van der Waals surface area contributed by atoms with E-state index in [1.807, 2.05) is 0 Å². The Bertz CT molecular complexity index is 312. The minimum absolute atomic E-state index is 0.157. The molecule has 0 aromatic carbocycles. The third kappa shape index (κ3) is 1.59. The van der Waals surface area contributed by atoms with E-state index < -0.39 is 0 Å². The van der Waals surface area contributed by atoms with Gasteiger partial charge in [0.1, 0.15) is 6.29 Å². The van der Waals surface area contributed by atoms with Crippen LogP contribution in [-0.4, -0.2) is 15.0 Å². The van der Waals surface area contributed by atoms with Crippen molar-refractivity contribution in [2.75, 3.05) is 0 Å². The van der Waals surface area contributed by atoms with Gasteiger partial charge in [-0.2, -0.15) is 8.75 Å². The van der Waals surface area contributed by atoms with Crippen molar-refractivity contribution in [1.82, 2.24) is 8.75 Å². The Kier molecular flexibility index (Phi) is 2.63. The summed E-state index contributed by atoms with van der Waals surface area (Å²) in [6, 6.07) is 0. The number of rotatable bonds is 3. The van der Waals surface area contributed by atoms with Crippen molar-refractivity contribution in [2.45, 2.75) is 32.6 Å². The van der Waals surface area contributed by atoms with E-state index in [0.29, 0.717) is 5.92 Å². The molecule has 2 unspecified atom stereocenters. The van der Waals surface area contributed by atoms with Crippen molar-refractivity contribution < 1.29 is 4.79 Å². The standard InChI is InChI=1S/C10H14N2OS/c1-8-3-2-4-10(8,7-13)5-9-6-11-14-12-9/h6-8H,2-5H2,1H3. The number of aromatic nitrogens is 2. The van der Waals surface area contributed by atoms with Gasteiger partial charge in [0, 0.05) is 11.8 Å². The van der Waals surface area contributed by atoms with Gasteiger partial charge < -0.3 is 4.79 Å². The van der Waals surface area contributed by atoms with Crippen molar-refractivity contribution >= 4 is 18.0 Å². The maximum atomic E-state index is 11.2. The Labute approximate surface area is 87.9 Å². The van der Waals surface area contributed by atoms with Crippen LogP contribution >= 0.6 is 11.7 Å². The van der Waals surface area contributed by atoms with Crippen molar-refractivity contribution in [3.05, 3.63) is 11.9 Å². The van der Waals surface area contributed by atoms with Crippen LogP contribution in [0.5, 0.6) is 0 Å². The molecule has 76 valence electrons. The van der Waals surface area contributed by atoms with Crippen LogP contribution < -0.4 is 0 Å². The molecule has 1 aliphatic rings. The SMILES string of the molecule is CC1CCCC1(C=O)Cc1cnsn1. The molecule has 2 atom stereocenters. The largest absolute Gasteiger partial charge is 0.303 e. The maximum absolute atomic E-state index is 11.2. The number of hydrogen-bond donors (Lipinski definition) is 0. The lowest BCUT2D eigenvalue weighted by atomic mass is 9.76. The molecule has 4 heteroatoms. The maximum Gasteiger partial charge on any atom is 0.126 e. The first-order valence-electron chi connectivity index (χ1n) is 4.99. The average Bonchev–Trinajstić information content (AvgIpc) is 2.79. The van der Waals surface area contributed by atoms with Crippen LogP contribution in [0.25, 0.3) is 0 Å². The number of nitrogens with zero attached hydrogens (tertiary/aromatic N) is 2. The Morgan fingerprint density at radius 3 is 3.14 bits per heavy atom. The highest BCUT2D eigenvalue weighted by atomic mass is 32.1. The molecule has 1 fully saturated rings. The van der Waals surface area contributed by atoms with Gasteiger partial charge in [-0.3, -0.25) is 0 Å².